The van der Waals surface area contributed by atoms with Crippen molar-refractivity contribution in [2.75, 3.05) is 13.7 Å². The van der Waals surface area contributed by atoms with Crippen molar-refractivity contribution in [3.63, 3.8) is 0 Å². The highest BCUT2D eigenvalue weighted by Gasteiger charge is 2.31. The standard InChI is InChI=1S/C23H27NO5/c1-14(2)22(28-3)20(12-21(25)26)24-23(27)29-13-19-17-10-6-4-8-15(17)16-9-5-7-11-18(16)19/h4-11,14,19-20,22H,12-13H2,1-3H3,(H,24,27)(H,25,26). The van der Waals surface area contributed by atoms with Gasteiger partial charge in [-0.25, -0.2) is 4.79 Å². The molecule has 0 fully saturated rings. The first-order valence-electron chi connectivity index (χ1n) is 9.78. The minimum Gasteiger partial charge on any atom is -0.481 e. The van der Waals surface area contributed by atoms with Gasteiger partial charge in [-0.2, -0.15) is 0 Å². The molecule has 2 N–H and O–H groups in total. The van der Waals surface area contributed by atoms with Crippen LogP contribution >= 0.6 is 0 Å². The van der Waals surface area contributed by atoms with Crippen molar-refractivity contribution in [1.29, 1.82) is 0 Å². The lowest BCUT2D eigenvalue weighted by atomic mass is 9.97. The Morgan fingerprint density at radius 2 is 1.59 bits per heavy atom. The first kappa shape index (κ1) is 20.9. The molecule has 0 saturated carbocycles. The number of ether oxygens (including phenoxy) is 2. The number of hydrogen-bond acceptors (Lipinski definition) is 4. The maximum absolute atomic E-state index is 12.5. The third kappa shape index (κ3) is 4.59. The number of fused-ring (bicyclic) bond motifs is 3. The van der Waals surface area contributed by atoms with Crippen LogP contribution in [0.4, 0.5) is 4.79 Å². The van der Waals surface area contributed by atoms with Crippen molar-refractivity contribution in [2.24, 2.45) is 5.92 Å². The molecule has 0 aromatic heterocycles. The number of alkyl carbamates (subject to hydrolysis) is 1. The Balaban J connectivity index is 1.70. The fourth-order valence-corrected chi connectivity index (χ4v) is 4.13. The van der Waals surface area contributed by atoms with Crippen LogP contribution in [0.2, 0.25) is 0 Å². The molecule has 6 nitrogen and oxygen atoms in total. The number of benzene rings is 2. The predicted octanol–water partition coefficient (Wildman–Crippen LogP) is 4.04. The zero-order valence-electron chi connectivity index (χ0n) is 16.9. The van der Waals surface area contributed by atoms with Gasteiger partial charge < -0.3 is 19.9 Å². The fraction of sp³-hybridized carbons (Fsp3) is 0.391. The summed E-state index contributed by atoms with van der Waals surface area (Å²) in [6.07, 6.45) is -1.30. The van der Waals surface area contributed by atoms with Crippen LogP contribution < -0.4 is 5.32 Å². The highest BCUT2D eigenvalue weighted by molar-refractivity contribution is 5.79. The molecule has 1 aliphatic rings. The molecule has 0 aliphatic heterocycles. The Kier molecular flexibility index (Phi) is 6.54. The van der Waals surface area contributed by atoms with E-state index in [1.165, 1.54) is 7.11 Å². The van der Waals surface area contributed by atoms with E-state index in [4.69, 9.17) is 9.47 Å². The van der Waals surface area contributed by atoms with Gasteiger partial charge in [-0.3, -0.25) is 4.79 Å². The summed E-state index contributed by atoms with van der Waals surface area (Å²) in [6, 6.07) is 15.5. The summed E-state index contributed by atoms with van der Waals surface area (Å²) in [5.74, 6) is -1.01. The van der Waals surface area contributed by atoms with Crippen molar-refractivity contribution < 1.29 is 24.2 Å². The largest absolute Gasteiger partial charge is 0.481 e. The molecule has 3 rings (SSSR count). The van der Waals surface area contributed by atoms with E-state index in [1.54, 1.807) is 0 Å². The van der Waals surface area contributed by atoms with Crippen LogP contribution in [0.5, 0.6) is 0 Å². The lowest BCUT2D eigenvalue weighted by Gasteiger charge is -2.28. The van der Waals surface area contributed by atoms with E-state index in [9.17, 15) is 14.7 Å². The minimum atomic E-state index is -1.00. The summed E-state index contributed by atoms with van der Waals surface area (Å²) in [7, 11) is 1.51. The van der Waals surface area contributed by atoms with Gasteiger partial charge in [0.2, 0.25) is 0 Å². The van der Waals surface area contributed by atoms with E-state index in [-0.39, 0.29) is 24.9 Å². The van der Waals surface area contributed by atoms with Gasteiger partial charge in [0.05, 0.1) is 18.6 Å². The van der Waals surface area contributed by atoms with E-state index < -0.39 is 24.2 Å². The molecule has 29 heavy (non-hydrogen) atoms. The average Bonchev–Trinajstić information content (AvgIpc) is 3.00. The van der Waals surface area contributed by atoms with Gasteiger partial charge in [0.1, 0.15) is 6.61 Å². The van der Waals surface area contributed by atoms with E-state index in [2.05, 4.69) is 17.4 Å². The van der Waals surface area contributed by atoms with Crippen LogP contribution in [-0.4, -0.2) is 43.0 Å². The molecular formula is C23H27NO5. The fourth-order valence-electron chi connectivity index (χ4n) is 4.13. The lowest BCUT2D eigenvalue weighted by Crippen LogP contribution is -2.48. The van der Waals surface area contributed by atoms with Gasteiger partial charge in [0, 0.05) is 13.0 Å². The number of methoxy groups -OCH3 is 1. The van der Waals surface area contributed by atoms with E-state index in [1.807, 2.05) is 50.2 Å². The van der Waals surface area contributed by atoms with Gasteiger partial charge in [0.15, 0.2) is 0 Å². The van der Waals surface area contributed by atoms with E-state index in [0.717, 1.165) is 22.3 Å². The topological polar surface area (TPSA) is 84.9 Å². The summed E-state index contributed by atoms with van der Waals surface area (Å²) < 4.78 is 10.9. The van der Waals surface area contributed by atoms with Crippen LogP contribution in [0.1, 0.15) is 37.3 Å². The number of hydrogen-bond donors (Lipinski definition) is 2. The van der Waals surface area contributed by atoms with Crippen LogP contribution in [0.25, 0.3) is 11.1 Å². The van der Waals surface area contributed by atoms with Crippen LogP contribution in [0.15, 0.2) is 48.5 Å². The van der Waals surface area contributed by atoms with E-state index >= 15 is 0 Å². The second-order valence-corrected chi connectivity index (χ2v) is 7.62. The molecule has 1 amide bonds. The zero-order valence-corrected chi connectivity index (χ0v) is 16.9. The van der Waals surface area contributed by atoms with Gasteiger partial charge in [0.25, 0.3) is 0 Å². The number of carboxylic acid groups (broad SMARTS) is 1. The number of carbonyl (C=O) groups excluding carboxylic acids is 1. The molecule has 0 heterocycles. The number of aliphatic carboxylic acids is 1. The number of amides is 1. The second kappa shape index (κ2) is 9.09. The molecule has 0 bridgehead atoms. The number of carboxylic acids is 1. The highest BCUT2D eigenvalue weighted by atomic mass is 16.5. The molecule has 0 saturated heterocycles. The maximum Gasteiger partial charge on any atom is 0.407 e. The third-order valence-corrected chi connectivity index (χ3v) is 5.37. The zero-order chi connectivity index (χ0) is 21.0. The van der Waals surface area contributed by atoms with Crippen molar-refractivity contribution in [3.05, 3.63) is 59.7 Å². The number of rotatable bonds is 8. The molecule has 2 aromatic rings. The molecule has 2 aromatic carbocycles. The van der Waals surface area contributed by atoms with Gasteiger partial charge in [-0.15, -0.1) is 0 Å². The molecular weight excluding hydrogens is 370 g/mol. The number of nitrogens with one attached hydrogen (secondary N) is 1. The smallest absolute Gasteiger partial charge is 0.407 e. The normalized spacial score (nSPS) is 14.8. The Labute approximate surface area is 170 Å². The molecule has 2 atom stereocenters. The second-order valence-electron chi connectivity index (χ2n) is 7.62. The van der Waals surface area contributed by atoms with Crippen LogP contribution in [-0.2, 0) is 14.3 Å². The van der Waals surface area contributed by atoms with Crippen molar-refractivity contribution in [1.82, 2.24) is 5.32 Å². The monoisotopic (exact) mass is 397 g/mol. The highest BCUT2D eigenvalue weighted by Crippen LogP contribution is 2.44. The predicted molar refractivity (Wildman–Crippen MR) is 110 cm³/mol. The van der Waals surface area contributed by atoms with Gasteiger partial charge >= 0.3 is 12.1 Å². The molecule has 0 radical (unpaired) electrons. The van der Waals surface area contributed by atoms with Gasteiger partial charge in [-0.1, -0.05) is 62.4 Å². The Bertz CT molecular complexity index is 834. The molecule has 2 unspecified atom stereocenters. The lowest BCUT2D eigenvalue weighted by molar-refractivity contribution is -0.138. The van der Waals surface area contributed by atoms with Crippen LogP contribution in [0, 0.1) is 5.92 Å². The Morgan fingerprint density at radius 3 is 2.07 bits per heavy atom. The summed E-state index contributed by atoms with van der Waals surface area (Å²) in [5.41, 5.74) is 4.56. The van der Waals surface area contributed by atoms with E-state index in [0.29, 0.717) is 0 Å². The maximum atomic E-state index is 12.5. The van der Waals surface area contributed by atoms with Crippen molar-refractivity contribution in [2.45, 2.75) is 38.3 Å². The van der Waals surface area contributed by atoms with Crippen LogP contribution in [0.3, 0.4) is 0 Å². The molecule has 1 aliphatic carbocycles. The average molecular weight is 397 g/mol. The molecule has 6 heteroatoms. The minimum absolute atomic E-state index is 0.0400. The quantitative estimate of drug-likeness (QED) is 0.702. The van der Waals surface area contributed by atoms with Crippen molar-refractivity contribution in [3.8, 4) is 11.1 Å². The molecule has 154 valence electrons. The summed E-state index contributed by atoms with van der Waals surface area (Å²) in [4.78, 5) is 23.7. The van der Waals surface area contributed by atoms with Gasteiger partial charge in [-0.05, 0) is 28.2 Å². The number of carbonyl (C=O) groups is 2. The summed E-state index contributed by atoms with van der Waals surface area (Å²) in [6.45, 7) is 4.02. The Morgan fingerprint density at radius 1 is 1.03 bits per heavy atom. The Hall–Kier alpha value is -2.86. The SMILES string of the molecule is COC(C(C)C)C(CC(=O)O)NC(=O)OCC1c2ccccc2-c2ccccc21. The third-order valence-electron chi connectivity index (χ3n) is 5.37. The summed E-state index contributed by atoms with van der Waals surface area (Å²) in [5, 5.41) is 11.9. The first-order valence-corrected chi connectivity index (χ1v) is 9.78. The first-order chi connectivity index (χ1) is 13.9. The van der Waals surface area contributed by atoms with Crippen molar-refractivity contribution >= 4 is 12.1 Å². The molecule has 0 spiro atoms. The summed E-state index contributed by atoms with van der Waals surface area (Å²) >= 11 is 0.